The van der Waals surface area contributed by atoms with Crippen molar-refractivity contribution < 1.29 is 4.74 Å². The van der Waals surface area contributed by atoms with Crippen LogP contribution in [0.1, 0.15) is 28.3 Å². The maximum Gasteiger partial charge on any atom is 0.223 e. The fourth-order valence-electron chi connectivity index (χ4n) is 3.23. The van der Waals surface area contributed by atoms with Crippen molar-refractivity contribution >= 4 is 23.4 Å². The first kappa shape index (κ1) is 16.7. The molecule has 128 valence electrons. The topological polar surface area (TPSA) is 103 Å². The summed E-state index contributed by atoms with van der Waals surface area (Å²) in [6, 6.07) is 0. The van der Waals surface area contributed by atoms with Crippen molar-refractivity contribution in [1.82, 2.24) is 15.0 Å². The number of nitrogens with two attached hydrogens (primary N) is 2. The van der Waals surface area contributed by atoms with Crippen molar-refractivity contribution in [1.29, 1.82) is 0 Å². The third kappa shape index (κ3) is 2.74. The van der Waals surface area contributed by atoms with Crippen LogP contribution in [-0.2, 0) is 6.54 Å². The number of methoxy groups -OCH3 is 1. The van der Waals surface area contributed by atoms with Gasteiger partial charge in [-0.05, 0) is 13.8 Å². The molecule has 0 saturated heterocycles. The molecule has 8 heteroatoms. The van der Waals surface area contributed by atoms with Crippen LogP contribution < -0.4 is 21.1 Å². The van der Waals surface area contributed by atoms with E-state index in [2.05, 4.69) is 19.9 Å². The summed E-state index contributed by atoms with van der Waals surface area (Å²) in [5, 5.41) is 0.376. The van der Waals surface area contributed by atoms with Crippen LogP contribution in [0, 0.1) is 13.8 Å². The third-order valence-electron chi connectivity index (χ3n) is 4.42. The number of hydrogen-bond acceptors (Lipinski definition) is 7. The van der Waals surface area contributed by atoms with Crippen LogP contribution in [0.3, 0.4) is 0 Å². The molecule has 1 aliphatic rings. The lowest BCUT2D eigenvalue weighted by Gasteiger charge is -2.21. The van der Waals surface area contributed by atoms with Gasteiger partial charge in [0.1, 0.15) is 16.7 Å². The molecule has 3 rings (SSSR count). The fourth-order valence-corrected chi connectivity index (χ4v) is 3.55. The van der Waals surface area contributed by atoms with Crippen LogP contribution in [0.5, 0.6) is 5.75 Å². The summed E-state index contributed by atoms with van der Waals surface area (Å²) in [6.07, 6.45) is 1.82. The van der Waals surface area contributed by atoms with Gasteiger partial charge in [-0.25, -0.2) is 4.98 Å². The van der Waals surface area contributed by atoms with Crippen molar-refractivity contribution in [2.75, 3.05) is 30.8 Å². The Morgan fingerprint density at radius 3 is 2.79 bits per heavy atom. The largest absolute Gasteiger partial charge is 0.496 e. The Labute approximate surface area is 146 Å². The van der Waals surface area contributed by atoms with Gasteiger partial charge in [-0.2, -0.15) is 4.98 Å². The van der Waals surface area contributed by atoms with Crippen LogP contribution in [0.15, 0.2) is 6.20 Å². The molecule has 2 aromatic rings. The molecule has 0 aliphatic carbocycles. The Morgan fingerprint density at radius 1 is 1.38 bits per heavy atom. The van der Waals surface area contributed by atoms with Gasteiger partial charge in [0.25, 0.3) is 0 Å². The quantitative estimate of drug-likeness (QED) is 0.812. The van der Waals surface area contributed by atoms with Gasteiger partial charge in [-0.1, -0.05) is 11.6 Å². The van der Waals surface area contributed by atoms with Gasteiger partial charge in [-0.15, -0.1) is 0 Å². The second kappa shape index (κ2) is 6.41. The molecule has 0 amide bonds. The normalized spacial score (nSPS) is 16.4. The lowest BCUT2D eigenvalue weighted by molar-refractivity contribution is 0.406. The molecule has 1 unspecified atom stereocenters. The first-order valence-corrected chi connectivity index (χ1v) is 8.11. The molecule has 0 fully saturated rings. The average Bonchev–Trinajstić information content (AvgIpc) is 2.88. The predicted molar refractivity (Wildman–Crippen MR) is 94.6 cm³/mol. The second-order valence-corrected chi connectivity index (χ2v) is 6.33. The van der Waals surface area contributed by atoms with E-state index in [1.54, 1.807) is 7.11 Å². The number of pyridine rings is 1. The lowest BCUT2D eigenvalue weighted by atomic mass is 10.1. The summed E-state index contributed by atoms with van der Waals surface area (Å²) in [4.78, 5) is 15.1. The molecule has 0 radical (unpaired) electrons. The van der Waals surface area contributed by atoms with Gasteiger partial charge >= 0.3 is 0 Å². The zero-order valence-corrected chi connectivity index (χ0v) is 14.8. The molecule has 2 aromatic heterocycles. The van der Waals surface area contributed by atoms with Gasteiger partial charge in [0, 0.05) is 41.9 Å². The summed E-state index contributed by atoms with van der Waals surface area (Å²) < 4.78 is 5.49. The molecule has 1 atom stereocenters. The summed E-state index contributed by atoms with van der Waals surface area (Å²) in [5.74, 6) is 1.84. The van der Waals surface area contributed by atoms with Crippen molar-refractivity contribution in [3.8, 4) is 5.75 Å². The van der Waals surface area contributed by atoms with Gasteiger partial charge in [-0.3, -0.25) is 4.98 Å². The molecular formula is C16H21ClN6O. The number of ether oxygens (including phenoxy) is 1. The van der Waals surface area contributed by atoms with E-state index < -0.39 is 0 Å². The number of aryl methyl sites for hydroxylation is 1. The van der Waals surface area contributed by atoms with Gasteiger partial charge in [0.05, 0.1) is 19.3 Å². The number of nitrogens with zero attached hydrogens (tertiary/aromatic N) is 4. The zero-order chi connectivity index (χ0) is 17.4. The predicted octanol–water partition coefficient (Wildman–Crippen LogP) is 1.80. The third-order valence-corrected chi connectivity index (χ3v) is 4.71. The van der Waals surface area contributed by atoms with E-state index >= 15 is 0 Å². The van der Waals surface area contributed by atoms with Crippen LogP contribution in [0.2, 0.25) is 5.15 Å². The Kier molecular flexibility index (Phi) is 4.47. The molecule has 1 aliphatic heterocycles. The Morgan fingerprint density at radius 2 is 2.12 bits per heavy atom. The standard InChI is InChI=1S/C16H21ClN6O/c1-8-5-20-11(9(2)13(8)24-3)7-23-6-10(4-18)12-14(17)21-16(19)22-15(12)23/h5,10H,4,6-7,18H2,1-3H3,(H2,19,21,22). The van der Waals surface area contributed by atoms with Crippen molar-refractivity contribution in [3.63, 3.8) is 0 Å². The van der Waals surface area contributed by atoms with Gasteiger partial charge < -0.3 is 21.1 Å². The van der Waals surface area contributed by atoms with E-state index in [0.29, 0.717) is 24.8 Å². The fraction of sp³-hybridized carbons (Fsp3) is 0.438. The SMILES string of the molecule is COc1c(C)cnc(CN2CC(CN)c3c(Cl)nc(N)nc32)c1C. The molecule has 0 aromatic carbocycles. The highest BCUT2D eigenvalue weighted by molar-refractivity contribution is 6.30. The van der Waals surface area contributed by atoms with Crippen LogP contribution in [0.4, 0.5) is 11.8 Å². The Hall–Kier alpha value is -2.12. The Bertz CT molecular complexity index is 782. The minimum absolute atomic E-state index is 0.0840. The highest BCUT2D eigenvalue weighted by Crippen LogP contribution is 2.39. The van der Waals surface area contributed by atoms with E-state index in [4.69, 9.17) is 27.8 Å². The van der Waals surface area contributed by atoms with Gasteiger partial charge in [0.15, 0.2) is 0 Å². The number of halogens is 1. The summed E-state index contributed by atoms with van der Waals surface area (Å²) in [7, 11) is 1.67. The average molecular weight is 349 g/mol. The molecular weight excluding hydrogens is 328 g/mol. The van der Waals surface area contributed by atoms with E-state index in [1.165, 1.54) is 0 Å². The highest BCUT2D eigenvalue weighted by Gasteiger charge is 2.33. The number of fused-ring (bicyclic) bond motifs is 1. The summed E-state index contributed by atoms with van der Waals surface area (Å²) in [6.45, 7) is 5.75. The molecule has 7 nitrogen and oxygen atoms in total. The number of rotatable bonds is 4. The van der Waals surface area contributed by atoms with Crippen LogP contribution in [-0.4, -0.2) is 35.2 Å². The summed E-state index contributed by atoms with van der Waals surface area (Å²) >= 11 is 6.27. The molecule has 0 saturated carbocycles. The smallest absolute Gasteiger partial charge is 0.223 e. The van der Waals surface area contributed by atoms with E-state index in [0.717, 1.165) is 34.0 Å². The second-order valence-electron chi connectivity index (χ2n) is 5.97. The number of aromatic nitrogens is 3. The van der Waals surface area contributed by atoms with Crippen molar-refractivity contribution in [2.24, 2.45) is 5.73 Å². The van der Waals surface area contributed by atoms with Crippen molar-refractivity contribution in [2.45, 2.75) is 26.3 Å². The lowest BCUT2D eigenvalue weighted by Crippen LogP contribution is -2.25. The monoisotopic (exact) mass is 348 g/mol. The Balaban J connectivity index is 1.99. The zero-order valence-electron chi connectivity index (χ0n) is 14.0. The number of nitrogen functional groups attached to an aromatic ring is 1. The highest BCUT2D eigenvalue weighted by atomic mass is 35.5. The van der Waals surface area contributed by atoms with Gasteiger partial charge in [0.2, 0.25) is 5.95 Å². The van der Waals surface area contributed by atoms with E-state index in [1.807, 2.05) is 20.0 Å². The molecule has 0 spiro atoms. The molecule has 0 bridgehead atoms. The first-order chi connectivity index (χ1) is 11.5. The van der Waals surface area contributed by atoms with E-state index in [-0.39, 0.29) is 11.9 Å². The maximum absolute atomic E-state index is 6.27. The van der Waals surface area contributed by atoms with Crippen molar-refractivity contribution in [3.05, 3.63) is 33.7 Å². The maximum atomic E-state index is 6.27. The van der Waals surface area contributed by atoms with Crippen LogP contribution >= 0.6 is 11.6 Å². The molecule has 24 heavy (non-hydrogen) atoms. The number of hydrogen-bond donors (Lipinski definition) is 2. The molecule has 4 N–H and O–H groups in total. The molecule has 3 heterocycles. The minimum atomic E-state index is 0.0840. The first-order valence-electron chi connectivity index (χ1n) is 7.73. The van der Waals surface area contributed by atoms with Crippen LogP contribution in [0.25, 0.3) is 0 Å². The number of anilines is 2. The van der Waals surface area contributed by atoms with E-state index in [9.17, 15) is 0 Å². The minimum Gasteiger partial charge on any atom is -0.496 e. The summed E-state index contributed by atoms with van der Waals surface area (Å²) in [5.41, 5.74) is 15.5.